The molecule has 5 atom stereocenters. The highest BCUT2D eigenvalue weighted by atomic mass is 19.1. The number of aromatic nitrogens is 2. The van der Waals surface area contributed by atoms with E-state index >= 15 is 4.39 Å². The highest BCUT2D eigenvalue weighted by Gasteiger charge is 2.61. The predicted molar refractivity (Wildman–Crippen MR) is 160 cm³/mol. The zero-order chi connectivity index (χ0) is 32.5. The van der Waals surface area contributed by atoms with Gasteiger partial charge in [0.15, 0.2) is 23.4 Å². The van der Waals surface area contributed by atoms with Crippen LogP contribution in [0, 0.1) is 29.0 Å². The highest BCUT2D eigenvalue weighted by Crippen LogP contribution is 2.59. The highest BCUT2D eigenvalue weighted by molar-refractivity contribution is 5.90. The molecule has 3 aliphatic heterocycles. The van der Waals surface area contributed by atoms with E-state index in [9.17, 15) is 20.0 Å². The Labute approximate surface area is 263 Å². The van der Waals surface area contributed by atoms with Gasteiger partial charge in [0.1, 0.15) is 47.5 Å². The Kier molecular flexibility index (Phi) is 6.86. The summed E-state index contributed by atoms with van der Waals surface area (Å²) in [5.74, 6) is -1.45. The number of fused-ring (bicyclic) bond motifs is 4. The lowest BCUT2D eigenvalue weighted by Crippen LogP contribution is -2.52. The number of nitrogens with zero attached hydrogens (tertiary/aromatic N) is 3. The molecule has 4 aromatic rings. The Bertz CT molecular complexity index is 1930. The number of aliphatic hydroxyl groups excluding tert-OH is 1. The zero-order valence-electron chi connectivity index (χ0n) is 25.4. The molecule has 0 saturated heterocycles. The molecular weight excluding hydrogens is 595 g/mol. The Morgan fingerprint density at radius 2 is 1.96 bits per heavy atom. The van der Waals surface area contributed by atoms with Gasteiger partial charge in [-0.25, -0.2) is 9.37 Å². The first-order valence-electron chi connectivity index (χ1n) is 15.0. The molecular formula is C33H31FN6O6. The van der Waals surface area contributed by atoms with Crippen LogP contribution >= 0.6 is 0 Å². The van der Waals surface area contributed by atoms with Crippen molar-refractivity contribution in [1.82, 2.24) is 20.6 Å². The van der Waals surface area contributed by atoms with Gasteiger partial charge >= 0.3 is 0 Å². The average molecular weight is 627 g/mol. The van der Waals surface area contributed by atoms with E-state index < -0.39 is 47.5 Å². The summed E-state index contributed by atoms with van der Waals surface area (Å²) < 4.78 is 33.9. The second kappa shape index (κ2) is 10.7. The van der Waals surface area contributed by atoms with Gasteiger partial charge in [0.05, 0.1) is 0 Å². The molecule has 4 N–H and O–H groups in total. The lowest BCUT2D eigenvalue weighted by molar-refractivity contribution is -0.135. The summed E-state index contributed by atoms with van der Waals surface area (Å²) in [5.41, 5.74) is 1.29. The van der Waals surface area contributed by atoms with Crippen molar-refractivity contribution in [2.24, 2.45) is 11.8 Å². The first-order valence-corrected chi connectivity index (χ1v) is 15.0. The van der Waals surface area contributed by atoms with E-state index in [2.05, 4.69) is 20.9 Å². The van der Waals surface area contributed by atoms with E-state index in [4.69, 9.17) is 18.6 Å². The summed E-state index contributed by atoms with van der Waals surface area (Å²) in [5, 5.41) is 29.0. The van der Waals surface area contributed by atoms with Gasteiger partial charge in [0.25, 0.3) is 0 Å². The van der Waals surface area contributed by atoms with Crippen LogP contribution in [0.2, 0.25) is 0 Å². The number of carbonyl (C=O) groups is 2. The number of aliphatic hydroxyl groups is 1. The second-order valence-electron chi connectivity index (χ2n) is 12.5. The summed E-state index contributed by atoms with van der Waals surface area (Å²) in [7, 11) is 0. The first kappa shape index (κ1) is 29.5. The largest absolute Gasteiger partial charge is 0.469 e. The summed E-state index contributed by atoms with van der Waals surface area (Å²) in [4.78, 5) is 36.0. The molecule has 4 bridgehead atoms. The van der Waals surface area contributed by atoms with E-state index in [1.54, 1.807) is 32.0 Å². The van der Waals surface area contributed by atoms with Gasteiger partial charge in [-0.3, -0.25) is 9.59 Å². The fourth-order valence-electron chi connectivity index (χ4n) is 6.46. The van der Waals surface area contributed by atoms with Crippen LogP contribution in [0.4, 0.5) is 10.1 Å². The second-order valence-corrected chi connectivity index (χ2v) is 12.5. The predicted octanol–water partition coefficient (Wildman–Crippen LogP) is 3.69. The number of carbonyl (C=O) groups excluding carboxylic acids is 2. The number of benzene rings is 2. The normalized spacial score (nSPS) is 23.3. The Hall–Kier alpha value is -5.22. The van der Waals surface area contributed by atoms with Gasteiger partial charge in [-0.15, -0.1) is 0 Å². The molecule has 7 rings (SSSR count). The minimum atomic E-state index is -1.32. The van der Waals surface area contributed by atoms with Gasteiger partial charge in [0.2, 0.25) is 23.6 Å². The SMILES string of the molecule is CC(C)C(O)C(=O)NC1Cc2ccc3c(c2)C2(c4cc(F)ccc4NC2O3)c2oc(nc2-c2nc(C#N)co2)C(C(C)C)NC1=O. The number of nitrogens with one attached hydrogen (secondary N) is 3. The number of ether oxygens (including phenoxy) is 1. The summed E-state index contributed by atoms with van der Waals surface area (Å²) >= 11 is 0. The van der Waals surface area contributed by atoms with Crippen LogP contribution in [0.25, 0.3) is 11.6 Å². The molecule has 1 spiro atoms. The lowest BCUT2D eigenvalue weighted by Gasteiger charge is -2.29. The molecule has 5 heterocycles. The van der Waals surface area contributed by atoms with Crippen molar-refractivity contribution in [3.05, 3.63) is 82.5 Å². The number of halogens is 1. The minimum absolute atomic E-state index is 0.000602. The molecule has 3 aliphatic rings. The molecule has 2 amide bonds. The molecule has 0 fully saturated rings. The molecule has 12 nitrogen and oxygen atoms in total. The van der Waals surface area contributed by atoms with E-state index in [-0.39, 0.29) is 47.2 Å². The van der Waals surface area contributed by atoms with Crippen LogP contribution < -0.4 is 20.7 Å². The number of amides is 2. The van der Waals surface area contributed by atoms with Crippen molar-refractivity contribution in [2.45, 2.75) is 63.9 Å². The van der Waals surface area contributed by atoms with Crippen molar-refractivity contribution < 1.29 is 32.7 Å². The van der Waals surface area contributed by atoms with E-state index in [0.29, 0.717) is 28.1 Å². The van der Waals surface area contributed by atoms with E-state index in [0.717, 1.165) is 0 Å². The van der Waals surface area contributed by atoms with Crippen molar-refractivity contribution >= 4 is 17.5 Å². The fourth-order valence-corrected chi connectivity index (χ4v) is 6.46. The third-order valence-electron chi connectivity index (χ3n) is 8.83. The number of nitriles is 1. The molecule has 0 saturated carbocycles. The number of rotatable bonds is 5. The molecule has 2 aromatic carbocycles. The van der Waals surface area contributed by atoms with Crippen LogP contribution in [0.5, 0.6) is 5.75 Å². The molecule has 46 heavy (non-hydrogen) atoms. The Morgan fingerprint density at radius 1 is 1.15 bits per heavy atom. The van der Waals surface area contributed by atoms with Gasteiger partial charge in [-0.2, -0.15) is 10.2 Å². The van der Waals surface area contributed by atoms with Crippen LogP contribution in [-0.4, -0.2) is 45.3 Å². The monoisotopic (exact) mass is 626 g/mol. The molecule has 0 aliphatic carbocycles. The van der Waals surface area contributed by atoms with Crippen molar-refractivity contribution in [2.75, 3.05) is 5.32 Å². The maximum absolute atomic E-state index is 15.0. The molecule has 236 valence electrons. The molecule has 2 aromatic heterocycles. The zero-order valence-corrected chi connectivity index (χ0v) is 25.4. The Balaban J connectivity index is 1.50. The quantitative estimate of drug-likeness (QED) is 0.256. The summed E-state index contributed by atoms with van der Waals surface area (Å²) in [6.45, 7) is 7.16. The fraction of sp³-hybridized carbons (Fsp3) is 0.364. The average Bonchev–Trinajstić information content (AvgIpc) is 3.79. The van der Waals surface area contributed by atoms with Crippen molar-refractivity contribution in [3.63, 3.8) is 0 Å². The molecule has 5 unspecified atom stereocenters. The van der Waals surface area contributed by atoms with Crippen LogP contribution in [0.3, 0.4) is 0 Å². The first-order chi connectivity index (χ1) is 22.0. The summed E-state index contributed by atoms with van der Waals surface area (Å²) in [6, 6.07) is 9.86. The topological polar surface area (TPSA) is 176 Å². The van der Waals surface area contributed by atoms with E-state index in [1.165, 1.54) is 18.4 Å². The van der Waals surface area contributed by atoms with Crippen molar-refractivity contribution in [1.29, 1.82) is 5.26 Å². The molecule has 13 heteroatoms. The standard InChI is InChI=1S/C33H31FN6O6/c1-14(2)24-31-40-25(30-36-18(12-35)13-44-30)27(46-31)33-19-11-17(34)6-7-21(19)38-32(33)45-23-8-5-16(9-20(23)33)10-22(28(42)39-24)37-29(43)26(41)15(3)4/h5-9,11,13-15,22,24,26,32,38,41H,10H2,1-4H3,(H,37,43)(H,39,42). The van der Waals surface area contributed by atoms with Crippen LogP contribution in [0.15, 0.2) is 51.5 Å². The third-order valence-corrected chi connectivity index (χ3v) is 8.83. The maximum atomic E-state index is 15.0. The number of oxazole rings is 2. The van der Waals surface area contributed by atoms with Gasteiger partial charge in [-0.05, 0) is 41.7 Å². The third kappa shape index (κ3) is 4.43. The maximum Gasteiger partial charge on any atom is 0.250 e. The van der Waals surface area contributed by atoms with Gasteiger partial charge in [-0.1, -0.05) is 39.8 Å². The van der Waals surface area contributed by atoms with E-state index in [1.807, 2.05) is 26.0 Å². The summed E-state index contributed by atoms with van der Waals surface area (Å²) in [6.07, 6.45) is -0.838. The van der Waals surface area contributed by atoms with Gasteiger partial charge in [0, 0.05) is 23.2 Å². The smallest absolute Gasteiger partial charge is 0.250 e. The molecule has 0 radical (unpaired) electrons. The Morgan fingerprint density at radius 3 is 2.67 bits per heavy atom. The van der Waals surface area contributed by atoms with Gasteiger partial charge < -0.3 is 34.6 Å². The lowest BCUT2D eigenvalue weighted by atomic mass is 9.72. The number of hydrogen-bond donors (Lipinski definition) is 4. The minimum Gasteiger partial charge on any atom is -0.469 e. The van der Waals surface area contributed by atoms with Crippen LogP contribution in [0.1, 0.15) is 67.8 Å². The van der Waals surface area contributed by atoms with Crippen LogP contribution in [-0.2, 0) is 21.4 Å². The number of anilines is 1. The van der Waals surface area contributed by atoms with Crippen molar-refractivity contribution in [3.8, 4) is 23.4 Å². The number of hydrogen-bond acceptors (Lipinski definition) is 10.